The minimum atomic E-state index is 0.496. The predicted molar refractivity (Wildman–Crippen MR) is 57.3 cm³/mol. The van der Waals surface area contributed by atoms with Crippen molar-refractivity contribution in [2.75, 3.05) is 0 Å². The van der Waals surface area contributed by atoms with E-state index in [1.807, 2.05) is 6.08 Å². The van der Waals surface area contributed by atoms with Gasteiger partial charge in [-0.25, -0.2) is 0 Å². The van der Waals surface area contributed by atoms with Crippen LogP contribution in [0.25, 0.3) is 0 Å². The van der Waals surface area contributed by atoms with Crippen LogP contribution in [-0.4, -0.2) is 0 Å². The average Bonchev–Trinajstić information content (AvgIpc) is 2.02. The van der Waals surface area contributed by atoms with Crippen molar-refractivity contribution in [2.45, 2.75) is 47.0 Å². The van der Waals surface area contributed by atoms with Gasteiger partial charge in [0.1, 0.15) is 0 Å². The second kappa shape index (κ2) is 5.18. The van der Waals surface area contributed by atoms with Gasteiger partial charge in [0.2, 0.25) is 0 Å². The van der Waals surface area contributed by atoms with Crippen LogP contribution in [-0.2, 0) is 0 Å². The zero-order valence-electron chi connectivity index (χ0n) is 8.98. The van der Waals surface area contributed by atoms with Crippen LogP contribution >= 0.6 is 0 Å². The van der Waals surface area contributed by atoms with Gasteiger partial charge in [-0.1, -0.05) is 51.5 Å². The molecule has 0 spiro atoms. The molecule has 0 unspecified atom stereocenters. The van der Waals surface area contributed by atoms with Crippen molar-refractivity contribution in [2.24, 2.45) is 5.41 Å². The van der Waals surface area contributed by atoms with E-state index in [4.69, 9.17) is 0 Å². The maximum absolute atomic E-state index is 3.69. The lowest BCUT2D eigenvalue weighted by molar-refractivity contribution is 0.322. The highest BCUT2D eigenvalue weighted by Crippen LogP contribution is 2.27. The van der Waals surface area contributed by atoms with E-state index in [0.717, 1.165) is 0 Å². The van der Waals surface area contributed by atoms with Crippen LogP contribution in [0.5, 0.6) is 0 Å². The summed E-state index contributed by atoms with van der Waals surface area (Å²) in [6.45, 7) is 12.8. The molecule has 0 aliphatic heterocycles. The van der Waals surface area contributed by atoms with Crippen LogP contribution in [0.2, 0.25) is 0 Å². The summed E-state index contributed by atoms with van der Waals surface area (Å²) in [4.78, 5) is 0. The van der Waals surface area contributed by atoms with Crippen LogP contribution < -0.4 is 0 Å². The van der Waals surface area contributed by atoms with Gasteiger partial charge in [-0.2, -0.15) is 0 Å². The van der Waals surface area contributed by atoms with Gasteiger partial charge in [-0.15, -0.1) is 0 Å². The van der Waals surface area contributed by atoms with Gasteiger partial charge >= 0.3 is 0 Å². The second-order valence-corrected chi connectivity index (χ2v) is 4.27. The molecule has 0 amide bonds. The number of hydrogen-bond acceptors (Lipinski definition) is 0. The molecule has 0 aromatic heterocycles. The number of allylic oxidation sites excluding steroid dienone is 3. The quantitative estimate of drug-likeness (QED) is 0.533. The Morgan fingerprint density at radius 3 is 2.42 bits per heavy atom. The topological polar surface area (TPSA) is 0 Å². The lowest BCUT2D eigenvalue weighted by atomic mass is 9.84. The molecule has 0 fully saturated rings. The first-order valence-corrected chi connectivity index (χ1v) is 4.80. The van der Waals surface area contributed by atoms with E-state index >= 15 is 0 Å². The third kappa shape index (κ3) is 5.17. The second-order valence-electron chi connectivity index (χ2n) is 4.27. The molecule has 12 heavy (non-hydrogen) atoms. The molecule has 0 aromatic carbocycles. The summed E-state index contributed by atoms with van der Waals surface area (Å²) in [5.74, 6) is 0. The lowest BCUT2D eigenvalue weighted by Crippen LogP contribution is -2.08. The summed E-state index contributed by atoms with van der Waals surface area (Å²) in [5.41, 5.74) is 1.93. The van der Waals surface area contributed by atoms with Crippen molar-refractivity contribution in [1.29, 1.82) is 0 Å². The molecular formula is C12H22. The smallest absolute Gasteiger partial charge is 0.0315 e. The Balaban J connectivity index is 3.82. The summed E-state index contributed by atoms with van der Waals surface area (Å²) in [5, 5.41) is 0. The third-order valence-electron chi connectivity index (χ3n) is 2.56. The van der Waals surface area contributed by atoms with E-state index in [1.165, 1.54) is 24.8 Å². The summed E-state index contributed by atoms with van der Waals surface area (Å²) in [6, 6.07) is 0. The molecule has 0 saturated carbocycles. The first kappa shape index (κ1) is 11.5. The fourth-order valence-electron chi connectivity index (χ4n) is 0.997. The molecule has 70 valence electrons. The Kier molecular flexibility index (Phi) is 4.96. The molecule has 0 heteroatoms. The van der Waals surface area contributed by atoms with Gasteiger partial charge in [-0.05, 0) is 25.2 Å². The zero-order chi connectivity index (χ0) is 9.61. The normalized spacial score (nSPS) is 13.2. The summed E-state index contributed by atoms with van der Waals surface area (Å²) in [6.07, 6.45) is 7.71. The maximum Gasteiger partial charge on any atom is -0.0315 e. The lowest BCUT2D eigenvalue weighted by Gasteiger charge is -2.22. The fourth-order valence-corrected chi connectivity index (χ4v) is 0.997. The Labute approximate surface area is 77.4 Å². The minimum Gasteiger partial charge on any atom is -0.0991 e. The van der Waals surface area contributed by atoms with Crippen molar-refractivity contribution in [3.05, 3.63) is 24.3 Å². The largest absolute Gasteiger partial charge is 0.0991 e. The van der Waals surface area contributed by atoms with Gasteiger partial charge in [0.05, 0.1) is 0 Å². The van der Waals surface area contributed by atoms with Crippen LogP contribution in [0, 0.1) is 5.41 Å². The molecule has 0 nitrogen and oxygen atoms in total. The molecule has 0 aliphatic rings. The van der Waals surface area contributed by atoms with Crippen molar-refractivity contribution in [3.8, 4) is 0 Å². The van der Waals surface area contributed by atoms with Gasteiger partial charge in [-0.3, -0.25) is 0 Å². The Morgan fingerprint density at radius 2 is 2.00 bits per heavy atom. The van der Waals surface area contributed by atoms with Gasteiger partial charge in [0.15, 0.2) is 0 Å². The standard InChI is InChI=1S/C12H22/c1-6-8-11(3)9-10-12(4,5)7-2/h6,8H,1,7,9-10H2,2-5H3/b11-8+. The number of hydrogen-bond donors (Lipinski definition) is 0. The van der Waals surface area contributed by atoms with Gasteiger partial charge in [0, 0.05) is 0 Å². The van der Waals surface area contributed by atoms with Gasteiger partial charge in [0.25, 0.3) is 0 Å². The summed E-state index contributed by atoms with van der Waals surface area (Å²) < 4.78 is 0. The van der Waals surface area contributed by atoms with Crippen molar-refractivity contribution >= 4 is 0 Å². The Hall–Kier alpha value is -0.520. The van der Waals surface area contributed by atoms with Crippen LogP contribution in [0.3, 0.4) is 0 Å². The molecule has 0 saturated heterocycles. The van der Waals surface area contributed by atoms with Crippen molar-refractivity contribution in [1.82, 2.24) is 0 Å². The van der Waals surface area contributed by atoms with E-state index < -0.39 is 0 Å². The third-order valence-corrected chi connectivity index (χ3v) is 2.56. The SMILES string of the molecule is C=C/C=C(\C)CCC(C)(C)CC. The van der Waals surface area contributed by atoms with E-state index in [0.29, 0.717) is 5.41 Å². The molecule has 0 bridgehead atoms. The zero-order valence-corrected chi connectivity index (χ0v) is 8.98. The Bertz CT molecular complexity index is 161. The van der Waals surface area contributed by atoms with E-state index in [9.17, 15) is 0 Å². The first-order valence-electron chi connectivity index (χ1n) is 4.80. The van der Waals surface area contributed by atoms with E-state index in [1.54, 1.807) is 0 Å². The number of rotatable bonds is 5. The first-order chi connectivity index (χ1) is 5.52. The summed E-state index contributed by atoms with van der Waals surface area (Å²) >= 11 is 0. The predicted octanol–water partition coefficient (Wildman–Crippen LogP) is 4.34. The average molecular weight is 166 g/mol. The molecule has 0 aliphatic carbocycles. The minimum absolute atomic E-state index is 0.496. The molecule has 0 aromatic rings. The Morgan fingerprint density at radius 1 is 1.42 bits per heavy atom. The van der Waals surface area contributed by atoms with Crippen LogP contribution in [0.15, 0.2) is 24.3 Å². The van der Waals surface area contributed by atoms with Crippen molar-refractivity contribution in [3.63, 3.8) is 0 Å². The monoisotopic (exact) mass is 166 g/mol. The fraction of sp³-hybridized carbons (Fsp3) is 0.667. The van der Waals surface area contributed by atoms with Gasteiger partial charge < -0.3 is 0 Å². The van der Waals surface area contributed by atoms with E-state index in [-0.39, 0.29) is 0 Å². The van der Waals surface area contributed by atoms with E-state index in [2.05, 4.69) is 40.3 Å². The highest BCUT2D eigenvalue weighted by Gasteiger charge is 2.13. The summed E-state index contributed by atoms with van der Waals surface area (Å²) in [7, 11) is 0. The van der Waals surface area contributed by atoms with Crippen LogP contribution in [0.4, 0.5) is 0 Å². The molecule has 0 N–H and O–H groups in total. The van der Waals surface area contributed by atoms with Crippen molar-refractivity contribution < 1.29 is 0 Å². The molecule has 0 atom stereocenters. The highest BCUT2D eigenvalue weighted by molar-refractivity contribution is 5.07. The molecular weight excluding hydrogens is 144 g/mol. The highest BCUT2D eigenvalue weighted by atomic mass is 14.2. The molecule has 0 radical (unpaired) electrons. The maximum atomic E-state index is 3.69. The molecule has 0 rings (SSSR count). The van der Waals surface area contributed by atoms with Crippen LogP contribution in [0.1, 0.15) is 47.0 Å². The molecule has 0 heterocycles.